The van der Waals surface area contributed by atoms with E-state index in [1.807, 2.05) is 43.4 Å². The van der Waals surface area contributed by atoms with Crippen molar-refractivity contribution in [2.24, 2.45) is 24.0 Å². The Labute approximate surface area is 264 Å². The van der Waals surface area contributed by atoms with E-state index in [2.05, 4.69) is 35.4 Å². The van der Waals surface area contributed by atoms with E-state index in [-0.39, 0.29) is 5.92 Å². The lowest BCUT2D eigenvalue weighted by Crippen LogP contribution is -2.42. The summed E-state index contributed by atoms with van der Waals surface area (Å²) in [5.74, 6) is 1.14. The molecule has 2 heterocycles. The predicted octanol–water partition coefficient (Wildman–Crippen LogP) is 8.19. The molecular formula is C33H30Cl3N3O4. The van der Waals surface area contributed by atoms with Gasteiger partial charge in [0.25, 0.3) is 0 Å². The predicted molar refractivity (Wildman–Crippen MR) is 168 cm³/mol. The lowest BCUT2D eigenvalue weighted by Gasteiger charge is -2.30. The highest BCUT2D eigenvalue weighted by Gasteiger charge is 2.55. The number of halogens is 3. The second-order valence-corrected chi connectivity index (χ2v) is 13.1. The van der Waals surface area contributed by atoms with Crippen LogP contribution in [-0.4, -0.2) is 40.8 Å². The maximum Gasteiger partial charge on any atom is 0.359 e. The molecular weight excluding hydrogens is 609 g/mol. The summed E-state index contributed by atoms with van der Waals surface area (Å²) in [6.45, 7) is 2.45. The molecule has 0 saturated heterocycles. The molecule has 4 atom stereocenters. The van der Waals surface area contributed by atoms with Gasteiger partial charge in [-0.3, -0.25) is 4.68 Å². The summed E-state index contributed by atoms with van der Waals surface area (Å²) >= 11 is 20.0. The zero-order valence-corrected chi connectivity index (χ0v) is 26.2. The quantitative estimate of drug-likeness (QED) is 0.182. The number of hydrogen-bond acceptors (Lipinski definition) is 6. The summed E-state index contributed by atoms with van der Waals surface area (Å²) in [6, 6.07) is 17.5. The van der Waals surface area contributed by atoms with Crippen LogP contribution in [0.15, 0.2) is 59.8 Å². The molecule has 7 rings (SSSR count). The highest BCUT2D eigenvalue weighted by atomic mass is 35.5. The second-order valence-electron chi connectivity index (χ2n) is 11.9. The smallest absolute Gasteiger partial charge is 0.359 e. The first kappa shape index (κ1) is 28.5. The molecule has 43 heavy (non-hydrogen) atoms. The van der Waals surface area contributed by atoms with Gasteiger partial charge >= 0.3 is 5.97 Å². The minimum atomic E-state index is -0.491. The van der Waals surface area contributed by atoms with E-state index in [4.69, 9.17) is 49.1 Å². The number of carbonyl (C=O) groups excluding carboxylic acids is 1. The number of ether oxygens (including phenoxy) is 2. The molecule has 3 aromatic carbocycles. The van der Waals surface area contributed by atoms with E-state index in [9.17, 15) is 4.79 Å². The molecule has 3 aliphatic rings. The number of esters is 1. The molecule has 0 N–H and O–H groups in total. The van der Waals surface area contributed by atoms with Gasteiger partial charge in [0.1, 0.15) is 23.7 Å². The minimum absolute atomic E-state index is 0.148. The number of nitrogens with zero attached hydrogens (tertiary/aromatic N) is 3. The average molecular weight is 639 g/mol. The highest BCUT2D eigenvalue weighted by Crippen LogP contribution is 2.57. The van der Waals surface area contributed by atoms with Gasteiger partial charge in [0.15, 0.2) is 5.69 Å². The lowest BCUT2D eigenvalue weighted by molar-refractivity contribution is -0.0555. The molecule has 4 aromatic rings. The zero-order chi connectivity index (χ0) is 30.0. The second kappa shape index (κ2) is 10.7. The van der Waals surface area contributed by atoms with Gasteiger partial charge in [0.2, 0.25) is 0 Å². The van der Waals surface area contributed by atoms with Crippen molar-refractivity contribution in [2.45, 2.75) is 43.6 Å². The van der Waals surface area contributed by atoms with E-state index in [0.717, 1.165) is 41.4 Å². The van der Waals surface area contributed by atoms with Crippen LogP contribution in [0.4, 0.5) is 0 Å². The van der Waals surface area contributed by atoms with Crippen molar-refractivity contribution in [1.29, 1.82) is 0 Å². The Morgan fingerprint density at radius 2 is 1.81 bits per heavy atom. The van der Waals surface area contributed by atoms with Crippen LogP contribution in [0.25, 0.3) is 10.9 Å². The van der Waals surface area contributed by atoms with Gasteiger partial charge in [-0.25, -0.2) is 4.79 Å². The lowest BCUT2D eigenvalue weighted by atomic mass is 9.80. The fourth-order valence-electron chi connectivity index (χ4n) is 6.51. The van der Waals surface area contributed by atoms with Crippen molar-refractivity contribution in [2.75, 3.05) is 13.7 Å². The molecule has 2 saturated carbocycles. The number of carbonyl (C=O) groups is 1. The maximum atomic E-state index is 12.1. The Morgan fingerprint density at radius 3 is 2.51 bits per heavy atom. The average Bonchev–Trinajstić information content (AvgIpc) is 3.92. The summed E-state index contributed by atoms with van der Waals surface area (Å²) < 4.78 is 13.0. The van der Waals surface area contributed by atoms with E-state index >= 15 is 0 Å². The number of rotatable bonds is 8. The van der Waals surface area contributed by atoms with Crippen LogP contribution in [0, 0.1) is 11.8 Å². The first-order valence-electron chi connectivity index (χ1n) is 14.4. The van der Waals surface area contributed by atoms with Gasteiger partial charge in [-0.15, -0.1) is 0 Å². The molecule has 2 fully saturated rings. The molecule has 7 nitrogen and oxygen atoms in total. The summed E-state index contributed by atoms with van der Waals surface area (Å²) in [7, 11) is 3.20. The Hall–Kier alpha value is -3.26. The van der Waals surface area contributed by atoms with Gasteiger partial charge in [-0.1, -0.05) is 64.2 Å². The molecule has 1 aromatic heterocycles. The molecule has 0 spiro atoms. The van der Waals surface area contributed by atoms with Gasteiger partial charge < -0.3 is 14.3 Å². The topological polar surface area (TPSA) is 74.9 Å². The van der Waals surface area contributed by atoms with Crippen LogP contribution >= 0.6 is 34.8 Å². The number of methoxy groups -OCH3 is 1. The Bertz CT molecular complexity index is 1780. The Kier molecular flexibility index (Phi) is 7.11. The van der Waals surface area contributed by atoms with E-state index in [1.54, 1.807) is 4.68 Å². The van der Waals surface area contributed by atoms with E-state index < -0.39 is 11.6 Å². The van der Waals surface area contributed by atoms with Gasteiger partial charge in [0.05, 0.1) is 28.6 Å². The van der Waals surface area contributed by atoms with Gasteiger partial charge in [-0.2, -0.15) is 5.10 Å². The third kappa shape index (κ3) is 4.95. The van der Waals surface area contributed by atoms with E-state index in [0.29, 0.717) is 56.4 Å². The summed E-state index contributed by atoms with van der Waals surface area (Å²) in [5.41, 5.74) is 4.44. The number of aromatic nitrogens is 2. The number of fused-ring (bicyclic) bond motifs is 1. The van der Waals surface area contributed by atoms with Crippen molar-refractivity contribution in [1.82, 2.24) is 9.78 Å². The SMILES string of the molecule is COC(=O)c1nn(C)c2cc(C3CC3c3ccc(OCC4C(c5c(Cl)cccc5Cl)=NOC4(C)C4CC4)cc3Cl)ccc12. The molecule has 2 aliphatic carbocycles. The van der Waals surface area contributed by atoms with E-state index in [1.165, 1.54) is 12.7 Å². The highest BCUT2D eigenvalue weighted by molar-refractivity contribution is 6.40. The number of oxime groups is 1. The first-order chi connectivity index (χ1) is 20.7. The minimum Gasteiger partial charge on any atom is -0.493 e. The molecule has 222 valence electrons. The Balaban J connectivity index is 1.08. The number of hydrogen-bond donors (Lipinski definition) is 0. The normalized spacial score (nSPS) is 24.5. The van der Waals surface area contributed by atoms with Crippen LogP contribution < -0.4 is 4.74 Å². The monoisotopic (exact) mass is 637 g/mol. The molecule has 1 aliphatic heterocycles. The van der Waals surface area contributed by atoms with Crippen molar-refractivity contribution in [3.05, 3.63) is 92.0 Å². The third-order valence-corrected chi connectivity index (χ3v) is 10.2. The number of benzene rings is 3. The number of aryl methyl sites for hydroxylation is 1. The fourth-order valence-corrected chi connectivity index (χ4v) is 7.41. The third-order valence-electron chi connectivity index (χ3n) is 9.23. The van der Waals surface area contributed by atoms with Crippen molar-refractivity contribution < 1.29 is 19.1 Å². The summed E-state index contributed by atoms with van der Waals surface area (Å²) in [4.78, 5) is 18.2. The standard InChI is InChI=1S/C33H30Cl3N3O4/c1-33(18-8-9-18)24(31(38-43-33)29-25(34)5-4-6-26(29)35)16-42-19-10-12-20(27(36)14-19)23-15-22(23)17-7-11-21-28(13-17)39(2)37-30(21)32(40)41-3/h4-7,10-14,18,22-24H,8-9,15-16H2,1-3H3. The van der Waals surface area contributed by atoms with Crippen molar-refractivity contribution >= 4 is 57.4 Å². The first-order valence-corrected chi connectivity index (χ1v) is 15.5. The van der Waals surface area contributed by atoms with Crippen LogP contribution in [0.3, 0.4) is 0 Å². The molecule has 4 unspecified atom stereocenters. The largest absolute Gasteiger partial charge is 0.493 e. The van der Waals surface area contributed by atoms with Gasteiger partial charge in [0, 0.05) is 28.9 Å². The van der Waals surface area contributed by atoms with Crippen molar-refractivity contribution in [3.8, 4) is 5.75 Å². The Morgan fingerprint density at radius 1 is 1.05 bits per heavy atom. The van der Waals surface area contributed by atoms with Crippen LogP contribution in [0.5, 0.6) is 5.75 Å². The van der Waals surface area contributed by atoms with Gasteiger partial charge in [-0.05, 0) is 79.5 Å². The van der Waals surface area contributed by atoms with Crippen molar-refractivity contribution in [3.63, 3.8) is 0 Å². The fraction of sp³-hybridized carbons (Fsp3) is 0.364. The maximum absolute atomic E-state index is 12.1. The van der Waals surface area contributed by atoms with Crippen LogP contribution in [-0.2, 0) is 16.6 Å². The van der Waals surface area contributed by atoms with Crippen LogP contribution in [0.2, 0.25) is 15.1 Å². The zero-order valence-electron chi connectivity index (χ0n) is 23.9. The molecule has 0 bridgehead atoms. The summed E-state index contributed by atoms with van der Waals surface area (Å²) in [6.07, 6.45) is 3.18. The molecule has 0 radical (unpaired) electrons. The molecule has 0 amide bonds. The van der Waals surface area contributed by atoms with Crippen LogP contribution in [0.1, 0.15) is 65.2 Å². The molecule has 10 heteroatoms. The summed E-state index contributed by atoms with van der Waals surface area (Å²) in [5, 5.41) is 11.4.